The van der Waals surface area contributed by atoms with E-state index in [4.69, 9.17) is 31.5 Å². The molecule has 0 atom stereocenters. The van der Waals surface area contributed by atoms with E-state index < -0.39 is 0 Å². The molecule has 0 unspecified atom stereocenters. The van der Waals surface area contributed by atoms with Crippen molar-refractivity contribution in [1.29, 1.82) is 0 Å². The Morgan fingerprint density at radius 2 is 1.65 bits per heavy atom. The first-order valence-corrected chi connectivity index (χ1v) is 15.7. The fourth-order valence-corrected chi connectivity index (χ4v) is 6.32. The lowest BCUT2D eigenvalue weighted by Gasteiger charge is -2.15. The van der Waals surface area contributed by atoms with Crippen LogP contribution in [0.5, 0.6) is 17.2 Å². The fraction of sp³-hybridized carbons (Fsp3) is 0.139. The van der Waals surface area contributed by atoms with E-state index in [1.54, 1.807) is 35.9 Å². The van der Waals surface area contributed by atoms with Gasteiger partial charge in [-0.15, -0.1) is 0 Å². The summed E-state index contributed by atoms with van der Waals surface area (Å²) < 4.78 is 32.4. The summed E-state index contributed by atoms with van der Waals surface area (Å²) in [5.41, 5.74) is 5.01. The molecule has 232 valence electrons. The maximum absolute atomic E-state index is 13.6. The molecule has 0 bridgehead atoms. The standard InChI is InChI=1S/C36H30FN3O4S2/c1-42-31-16-13-24(19-32(31)43-2)17-18-39-35(41)33(46-36(39)45)21-27-22-40(29-8-4-3-5-9-29)38-34(27)26-7-6-10-30(20-26)44-23-25-11-14-28(37)15-12-25/h3-16,19-22H,17-18,23H2,1-2H3/b33-21-. The zero-order valence-electron chi connectivity index (χ0n) is 25.2. The predicted molar refractivity (Wildman–Crippen MR) is 183 cm³/mol. The quantitative estimate of drug-likeness (QED) is 0.107. The first-order chi connectivity index (χ1) is 22.4. The third-order valence-electron chi connectivity index (χ3n) is 7.42. The summed E-state index contributed by atoms with van der Waals surface area (Å²) in [5, 5.41) is 4.92. The molecule has 0 saturated carbocycles. The molecule has 7 nitrogen and oxygen atoms in total. The first kappa shape index (κ1) is 31.1. The summed E-state index contributed by atoms with van der Waals surface area (Å²) >= 11 is 6.92. The number of ether oxygens (including phenoxy) is 3. The Hall–Kier alpha value is -4.93. The van der Waals surface area contributed by atoms with Crippen molar-refractivity contribution in [3.63, 3.8) is 0 Å². The molecule has 1 amide bonds. The number of hydrogen-bond donors (Lipinski definition) is 0. The van der Waals surface area contributed by atoms with Gasteiger partial charge in [0.05, 0.1) is 24.8 Å². The number of carbonyl (C=O) groups excluding carboxylic acids is 1. The number of benzene rings is 4. The highest BCUT2D eigenvalue weighted by Gasteiger charge is 2.32. The molecular formula is C36H30FN3O4S2. The van der Waals surface area contributed by atoms with Crippen molar-refractivity contribution in [2.24, 2.45) is 0 Å². The van der Waals surface area contributed by atoms with Gasteiger partial charge in [-0.2, -0.15) is 5.10 Å². The van der Waals surface area contributed by atoms with E-state index in [2.05, 4.69) is 0 Å². The van der Waals surface area contributed by atoms with E-state index in [0.717, 1.165) is 27.9 Å². The summed E-state index contributed by atoms with van der Waals surface area (Å²) in [6.45, 7) is 0.724. The summed E-state index contributed by atoms with van der Waals surface area (Å²) in [4.78, 5) is 15.8. The second-order valence-electron chi connectivity index (χ2n) is 10.4. The molecule has 6 rings (SSSR count). The number of nitrogens with zero attached hydrogens (tertiary/aromatic N) is 3. The van der Waals surface area contributed by atoms with E-state index in [9.17, 15) is 9.18 Å². The topological polar surface area (TPSA) is 65.8 Å². The Labute approximate surface area is 276 Å². The van der Waals surface area contributed by atoms with E-state index >= 15 is 0 Å². The van der Waals surface area contributed by atoms with Gasteiger partial charge in [0.1, 0.15) is 28.2 Å². The minimum Gasteiger partial charge on any atom is -0.493 e. The molecule has 1 fully saturated rings. The maximum atomic E-state index is 13.6. The Kier molecular flexibility index (Phi) is 9.46. The van der Waals surface area contributed by atoms with Crippen molar-refractivity contribution in [2.75, 3.05) is 20.8 Å². The maximum Gasteiger partial charge on any atom is 0.266 e. The van der Waals surface area contributed by atoms with Crippen molar-refractivity contribution in [1.82, 2.24) is 14.7 Å². The number of rotatable bonds is 11. The van der Waals surface area contributed by atoms with Crippen LogP contribution in [0.3, 0.4) is 0 Å². The largest absolute Gasteiger partial charge is 0.493 e. The highest BCUT2D eigenvalue weighted by atomic mass is 32.2. The molecule has 0 N–H and O–H groups in total. The zero-order valence-corrected chi connectivity index (χ0v) is 26.8. The lowest BCUT2D eigenvalue weighted by atomic mass is 10.1. The highest BCUT2D eigenvalue weighted by Crippen LogP contribution is 2.36. The van der Waals surface area contributed by atoms with Crippen LogP contribution in [-0.4, -0.2) is 45.7 Å². The molecule has 0 spiro atoms. The van der Waals surface area contributed by atoms with E-state index in [1.807, 2.05) is 85.1 Å². The third kappa shape index (κ3) is 6.98. The molecule has 2 heterocycles. The normalized spacial score (nSPS) is 13.8. The monoisotopic (exact) mass is 651 g/mol. The van der Waals surface area contributed by atoms with Gasteiger partial charge in [-0.3, -0.25) is 9.69 Å². The van der Waals surface area contributed by atoms with Crippen molar-refractivity contribution in [3.8, 4) is 34.2 Å². The summed E-state index contributed by atoms with van der Waals surface area (Å²) in [6.07, 6.45) is 4.36. The van der Waals surface area contributed by atoms with Crippen LogP contribution in [0.25, 0.3) is 23.0 Å². The van der Waals surface area contributed by atoms with Crippen molar-refractivity contribution in [3.05, 3.63) is 131 Å². The molecule has 0 aliphatic carbocycles. The average molecular weight is 652 g/mol. The SMILES string of the molecule is COc1ccc(CCN2C(=O)/C(=C/c3cn(-c4ccccc4)nc3-c3cccc(OCc4ccc(F)cc4)c3)SC2=S)cc1OC. The van der Waals surface area contributed by atoms with Crippen LogP contribution in [0.1, 0.15) is 16.7 Å². The van der Waals surface area contributed by atoms with E-state index in [-0.39, 0.29) is 11.7 Å². The van der Waals surface area contributed by atoms with Crippen LogP contribution in [0.15, 0.2) is 108 Å². The lowest BCUT2D eigenvalue weighted by molar-refractivity contribution is -0.122. The second-order valence-corrected chi connectivity index (χ2v) is 12.1. The van der Waals surface area contributed by atoms with E-state index in [1.165, 1.54) is 23.9 Å². The number of aromatic nitrogens is 2. The molecule has 0 radical (unpaired) electrons. The number of carbonyl (C=O) groups is 1. The zero-order chi connectivity index (χ0) is 32.0. The molecule has 46 heavy (non-hydrogen) atoms. The summed E-state index contributed by atoms with van der Waals surface area (Å²) in [7, 11) is 3.19. The van der Waals surface area contributed by atoms with Gasteiger partial charge in [0.2, 0.25) is 0 Å². The molecule has 1 aromatic heterocycles. The fourth-order valence-electron chi connectivity index (χ4n) is 5.02. The van der Waals surface area contributed by atoms with Crippen LogP contribution < -0.4 is 14.2 Å². The van der Waals surface area contributed by atoms with Gasteiger partial charge >= 0.3 is 0 Å². The highest BCUT2D eigenvalue weighted by molar-refractivity contribution is 8.26. The van der Waals surface area contributed by atoms with Crippen LogP contribution in [-0.2, 0) is 17.8 Å². The number of amides is 1. The van der Waals surface area contributed by atoms with Crippen LogP contribution in [0, 0.1) is 5.82 Å². The van der Waals surface area contributed by atoms with Gasteiger partial charge in [-0.1, -0.05) is 72.5 Å². The minimum atomic E-state index is -0.290. The average Bonchev–Trinajstić information content (AvgIpc) is 3.63. The van der Waals surface area contributed by atoms with Gasteiger partial charge in [-0.05, 0) is 72.2 Å². The number of halogens is 1. The second kappa shape index (κ2) is 14.0. The molecule has 10 heteroatoms. The third-order valence-corrected chi connectivity index (χ3v) is 8.80. The Morgan fingerprint density at radius 1 is 0.891 bits per heavy atom. The number of thioether (sulfide) groups is 1. The summed E-state index contributed by atoms with van der Waals surface area (Å²) in [6, 6.07) is 29.3. The number of para-hydroxylation sites is 1. The molecule has 4 aromatic carbocycles. The van der Waals surface area contributed by atoms with Gasteiger partial charge in [0, 0.05) is 23.9 Å². The lowest BCUT2D eigenvalue weighted by Crippen LogP contribution is -2.30. The van der Waals surface area contributed by atoms with Gasteiger partial charge in [0.15, 0.2) is 11.5 Å². The Morgan fingerprint density at radius 3 is 2.41 bits per heavy atom. The van der Waals surface area contributed by atoms with Crippen LogP contribution in [0.2, 0.25) is 0 Å². The first-order valence-electron chi connectivity index (χ1n) is 14.5. The van der Waals surface area contributed by atoms with Crippen LogP contribution >= 0.6 is 24.0 Å². The number of hydrogen-bond acceptors (Lipinski definition) is 7. The van der Waals surface area contributed by atoms with Crippen molar-refractivity contribution >= 4 is 40.3 Å². The molecular weight excluding hydrogens is 622 g/mol. The van der Waals surface area contributed by atoms with Crippen molar-refractivity contribution in [2.45, 2.75) is 13.0 Å². The minimum absolute atomic E-state index is 0.148. The smallest absolute Gasteiger partial charge is 0.266 e. The van der Waals surface area contributed by atoms with Crippen molar-refractivity contribution < 1.29 is 23.4 Å². The number of methoxy groups -OCH3 is 2. The van der Waals surface area contributed by atoms with Gasteiger partial charge in [-0.25, -0.2) is 9.07 Å². The van der Waals surface area contributed by atoms with Crippen LogP contribution in [0.4, 0.5) is 4.39 Å². The Bertz CT molecular complexity index is 1910. The molecule has 1 aliphatic heterocycles. The van der Waals surface area contributed by atoms with E-state index in [0.29, 0.717) is 51.7 Å². The van der Waals surface area contributed by atoms with Gasteiger partial charge in [0.25, 0.3) is 5.91 Å². The molecule has 5 aromatic rings. The molecule has 1 aliphatic rings. The van der Waals surface area contributed by atoms with Gasteiger partial charge < -0.3 is 14.2 Å². The Balaban J connectivity index is 1.26. The predicted octanol–water partition coefficient (Wildman–Crippen LogP) is 7.72. The molecule has 1 saturated heterocycles. The summed E-state index contributed by atoms with van der Waals surface area (Å²) in [5.74, 6) is 1.49. The number of thiocarbonyl (C=S) groups is 1.